The van der Waals surface area contributed by atoms with E-state index < -0.39 is 0 Å². The molecule has 0 aromatic heterocycles. The average Bonchev–Trinajstić information content (AvgIpc) is 2.31. The van der Waals surface area contributed by atoms with Crippen LogP contribution >= 0.6 is 0 Å². The molecule has 2 rings (SSSR count). The van der Waals surface area contributed by atoms with Gasteiger partial charge in [-0.05, 0) is 30.7 Å². The van der Waals surface area contributed by atoms with Gasteiger partial charge in [-0.2, -0.15) is 0 Å². The molecule has 18 heavy (non-hydrogen) atoms. The third kappa shape index (κ3) is 2.48. The SMILES string of the molecule is Cc1cccc(C(=N)N)c1Oc1cccc(F)c1. The molecule has 2 aromatic rings. The first kappa shape index (κ1) is 12.1. The number of nitrogen functional groups attached to an aromatic ring is 1. The average molecular weight is 244 g/mol. The first-order chi connectivity index (χ1) is 8.58. The molecule has 3 nitrogen and oxygen atoms in total. The van der Waals surface area contributed by atoms with Gasteiger partial charge in [-0.3, -0.25) is 5.41 Å². The molecule has 0 heterocycles. The van der Waals surface area contributed by atoms with Crippen molar-refractivity contribution in [3.63, 3.8) is 0 Å². The van der Waals surface area contributed by atoms with E-state index in [4.69, 9.17) is 15.9 Å². The monoisotopic (exact) mass is 244 g/mol. The Hall–Kier alpha value is -2.36. The summed E-state index contributed by atoms with van der Waals surface area (Å²) < 4.78 is 18.7. The van der Waals surface area contributed by atoms with Crippen LogP contribution in [-0.2, 0) is 0 Å². The zero-order chi connectivity index (χ0) is 13.1. The molecule has 0 saturated carbocycles. The first-order valence-corrected chi connectivity index (χ1v) is 5.45. The number of aryl methyl sites for hydroxylation is 1. The molecule has 4 heteroatoms. The molecule has 3 N–H and O–H groups in total. The van der Waals surface area contributed by atoms with Gasteiger partial charge in [-0.25, -0.2) is 4.39 Å². The van der Waals surface area contributed by atoms with E-state index in [9.17, 15) is 4.39 Å². The molecule has 0 unspecified atom stereocenters. The van der Waals surface area contributed by atoms with Crippen molar-refractivity contribution in [1.82, 2.24) is 0 Å². The van der Waals surface area contributed by atoms with Crippen LogP contribution in [0.3, 0.4) is 0 Å². The fourth-order valence-electron chi connectivity index (χ4n) is 1.65. The van der Waals surface area contributed by atoms with Crippen LogP contribution in [0.15, 0.2) is 42.5 Å². The Morgan fingerprint density at radius 3 is 2.61 bits per heavy atom. The van der Waals surface area contributed by atoms with E-state index >= 15 is 0 Å². The minimum absolute atomic E-state index is 0.0786. The van der Waals surface area contributed by atoms with Gasteiger partial charge in [0.05, 0.1) is 5.56 Å². The van der Waals surface area contributed by atoms with Crippen LogP contribution in [0.5, 0.6) is 11.5 Å². The van der Waals surface area contributed by atoms with Crippen LogP contribution in [0, 0.1) is 18.2 Å². The predicted octanol–water partition coefficient (Wildman–Crippen LogP) is 3.21. The second-order valence-electron chi connectivity index (χ2n) is 3.92. The van der Waals surface area contributed by atoms with E-state index in [1.807, 2.05) is 13.0 Å². The molecule has 0 aliphatic rings. The Morgan fingerprint density at radius 1 is 1.22 bits per heavy atom. The van der Waals surface area contributed by atoms with Crippen LogP contribution in [0.25, 0.3) is 0 Å². The summed E-state index contributed by atoms with van der Waals surface area (Å²) in [7, 11) is 0. The van der Waals surface area contributed by atoms with E-state index in [-0.39, 0.29) is 11.7 Å². The second kappa shape index (κ2) is 4.87. The maximum atomic E-state index is 13.1. The van der Waals surface area contributed by atoms with Crippen LogP contribution in [0.4, 0.5) is 4.39 Å². The zero-order valence-electron chi connectivity index (χ0n) is 9.91. The summed E-state index contributed by atoms with van der Waals surface area (Å²) in [5.41, 5.74) is 6.84. The van der Waals surface area contributed by atoms with Gasteiger partial charge in [-0.1, -0.05) is 18.2 Å². The highest BCUT2D eigenvalue weighted by Crippen LogP contribution is 2.28. The van der Waals surface area contributed by atoms with E-state index in [1.54, 1.807) is 24.3 Å². The molecule has 0 saturated heterocycles. The Labute approximate surface area is 105 Å². The topological polar surface area (TPSA) is 59.1 Å². The van der Waals surface area contributed by atoms with Crippen LogP contribution < -0.4 is 10.5 Å². The van der Waals surface area contributed by atoms with Crippen LogP contribution in [0.2, 0.25) is 0 Å². The number of halogens is 1. The summed E-state index contributed by atoms with van der Waals surface area (Å²) in [6, 6.07) is 11.2. The van der Waals surface area contributed by atoms with Crippen LogP contribution in [-0.4, -0.2) is 5.84 Å². The molecule has 0 aliphatic carbocycles. The minimum atomic E-state index is -0.370. The maximum absolute atomic E-state index is 13.1. The third-order valence-electron chi connectivity index (χ3n) is 2.52. The van der Waals surface area contributed by atoms with Gasteiger partial charge in [0, 0.05) is 6.07 Å². The molecular weight excluding hydrogens is 231 g/mol. The molecule has 0 atom stereocenters. The van der Waals surface area contributed by atoms with E-state index in [0.717, 1.165) is 5.56 Å². The lowest BCUT2D eigenvalue weighted by Gasteiger charge is -2.12. The van der Waals surface area contributed by atoms with E-state index in [1.165, 1.54) is 12.1 Å². The molecule has 92 valence electrons. The lowest BCUT2D eigenvalue weighted by molar-refractivity contribution is 0.472. The highest BCUT2D eigenvalue weighted by Gasteiger charge is 2.10. The van der Waals surface area contributed by atoms with Crippen molar-refractivity contribution in [2.45, 2.75) is 6.92 Å². The largest absolute Gasteiger partial charge is 0.456 e. The number of hydrogen-bond donors (Lipinski definition) is 2. The smallest absolute Gasteiger partial charge is 0.141 e. The summed E-state index contributed by atoms with van der Waals surface area (Å²) in [5, 5.41) is 7.50. The van der Waals surface area contributed by atoms with Crippen molar-refractivity contribution in [3.05, 3.63) is 59.4 Å². The minimum Gasteiger partial charge on any atom is -0.456 e. The first-order valence-electron chi connectivity index (χ1n) is 5.45. The number of hydrogen-bond acceptors (Lipinski definition) is 2. The van der Waals surface area contributed by atoms with E-state index in [2.05, 4.69) is 0 Å². The van der Waals surface area contributed by atoms with Crippen molar-refractivity contribution in [2.24, 2.45) is 5.73 Å². The lowest BCUT2D eigenvalue weighted by atomic mass is 10.1. The summed E-state index contributed by atoms with van der Waals surface area (Å²) in [4.78, 5) is 0. The lowest BCUT2D eigenvalue weighted by Crippen LogP contribution is -2.12. The van der Waals surface area contributed by atoms with Gasteiger partial charge in [0.1, 0.15) is 23.2 Å². The number of rotatable bonds is 3. The number of nitrogens with two attached hydrogens (primary N) is 1. The Balaban J connectivity index is 2.42. The summed E-state index contributed by atoms with van der Waals surface area (Å²) in [6.45, 7) is 1.85. The van der Waals surface area contributed by atoms with Gasteiger partial charge in [0.2, 0.25) is 0 Å². The number of benzene rings is 2. The maximum Gasteiger partial charge on any atom is 0.141 e. The number of ether oxygens (including phenoxy) is 1. The number of nitrogens with one attached hydrogen (secondary N) is 1. The fraction of sp³-hybridized carbons (Fsp3) is 0.0714. The fourth-order valence-corrected chi connectivity index (χ4v) is 1.65. The molecule has 0 amide bonds. The van der Waals surface area contributed by atoms with Crippen molar-refractivity contribution in [3.8, 4) is 11.5 Å². The molecule has 0 fully saturated rings. The highest BCUT2D eigenvalue weighted by atomic mass is 19.1. The van der Waals surface area contributed by atoms with Gasteiger partial charge in [0.25, 0.3) is 0 Å². The Kier molecular flexibility index (Phi) is 3.28. The molecule has 0 bridgehead atoms. The number of amidine groups is 1. The van der Waals surface area contributed by atoms with Gasteiger partial charge in [0.15, 0.2) is 0 Å². The van der Waals surface area contributed by atoms with Crippen molar-refractivity contribution < 1.29 is 9.13 Å². The molecular formula is C14H13FN2O. The third-order valence-corrected chi connectivity index (χ3v) is 2.52. The molecule has 0 radical (unpaired) electrons. The quantitative estimate of drug-likeness (QED) is 0.643. The van der Waals surface area contributed by atoms with Gasteiger partial charge < -0.3 is 10.5 Å². The molecule has 0 aliphatic heterocycles. The standard InChI is InChI=1S/C14H13FN2O/c1-9-4-2-7-12(14(16)17)13(9)18-11-6-3-5-10(15)8-11/h2-8H,1H3,(H3,16,17). The predicted molar refractivity (Wildman–Crippen MR) is 68.7 cm³/mol. The van der Waals surface area contributed by atoms with Crippen LogP contribution in [0.1, 0.15) is 11.1 Å². The summed E-state index contributed by atoms with van der Waals surface area (Å²) in [6.07, 6.45) is 0. The summed E-state index contributed by atoms with van der Waals surface area (Å²) >= 11 is 0. The van der Waals surface area contributed by atoms with Crippen molar-refractivity contribution in [1.29, 1.82) is 5.41 Å². The molecule has 2 aromatic carbocycles. The Bertz CT molecular complexity index is 596. The van der Waals surface area contributed by atoms with Gasteiger partial charge >= 0.3 is 0 Å². The second-order valence-corrected chi connectivity index (χ2v) is 3.92. The van der Waals surface area contributed by atoms with Crippen molar-refractivity contribution in [2.75, 3.05) is 0 Å². The highest BCUT2D eigenvalue weighted by molar-refractivity contribution is 5.98. The summed E-state index contributed by atoms with van der Waals surface area (Å²) in [5.74, 6) is 0.415. The van der Waals surface area contributed by atoms with E-state index in [0.29, 0.717) is 17.1 Å². The normalized spacial score (nSPS) is 10.1. The Morgan fingerprint density at radius 2 is 1.94 bits per heavy atom. The molecule has 0 spiro atoms. The number of para-hydroxylation sites is 1. The van der Waals surface area contributed by atoms with Gasteiger partial charge in [-0.15, -0.1) is 0 Å². The zero-order valence-corrected chi connectivity index (χ0v) is 9.91. The van der Waals surface area contributed by atoms with Crippen molar-refractivity contribution >= 4 is 5.84 Å².